The number of nitrogens with zero attached hydrogens (tertiary/aromatic N) is 4. The van der Waals surface area contributed by atoms with Gasteiger partial charge in [-0.15, -0.1) is 0 Å². The average Bonchev–Trinajstić information content (AvgIpc) is 2.97. The summed E-state index contributed by atoms with van der Waals surface area (Å²) in [6.07, 6.45) is 3.77. The lowest BCUT2D eigenvalue weighted by Crippen LogP contribution is -2.17. The standard InChI is InChI=1S/C10H14N5O4P/c11-10-12-3-7-9(14-10)15(5-13-7)4-6-1-2-8(19-6)20(16,17)18/h3,5-6,8H,1-2,4H2,(H2,11,12,14)(H2,16,17,18)/t6-,8?/m0/s1. The zero-order valence-electron chi connectivity index (χ0n) is 10.5. The number of imidazole rings is 1. The van der Waals surface area contributed by atoms with E-state index >= 15 is 0 Å². The van der Waals surface area contributed by atoms with Crippen LogP contribution in [-0.2, 0) is 15.8 Å². The van der Waals surface area contributed by atoms with Crippen LogP contribution in [0.4, 0.5) is 5.95 Å². The Balaban J connectivity index is 1.78. The predicted octanol–water partition coefficient (Wildman–Crippen LogP) is 0.0913. The van der Waals surface area contributed by atoms with E-state index in [1.165, 1.54) is 6.20 Å². The highest BCUT2D eigenvalue weighted by Crippen LogP contribution is 2.48. The van der Waals surface area contributed by atoms with Crippen molar-refractivity contribution in [3.8, 4) is 0 Å². The fourth-order valence-corrected chi connectivity index (χ4v) is 3.11. The normalized spacial score (nSPS) is 23.5. The van der Waals surface area contributed by atoms with Gasteiger partial charge in [-0.25, -0.2) is 9.97 Å². The van der Waals surface area contributed by atoms with Crippen molar-refractivity contribution in [2.45, 2.75) is 31.3 Å². The number of fused-ring (bicyclic) bond motifs is 1. The lowest BCUT2D eigenvalue weighted by Gasteiger charge is -2.15. The van der Waals surface area contributed by atoms with Gasteiger partial charge in [0.25, 0.3) is 0 Å². The van der Waals surface area contributed by atoms with Gasteiger partial charge < -0.3 is 24.8 Å². The van der Waals surface area contributed by atoms with Crippen molar-refractivity contribution in [2.75, 3.05) is 5.73 Å². The molecule has 1 saturated heterocycles. The zero-order chi connectivity index (χ0) is 14.3. The summed E-state index contributed by atoms with van der Waals surface area (Å²) in [5.41, 5.74) is 6.74. The molecule has 1 aliphatic heterocycles. The molecular formula is C10H14N5O4P. The first-order chi connectivity index (χ1) is 9.43. The number of rotatable bonds is 3. The highest BCUT2D eigenvalue weighted by Gasteiger charge is 2.37. The van der Waals surface area contributed by atoms with E-state index in [0.29, 0.717) is 30.6 Å². The summed E-state index contributed by atoms with van der Waals surface area (Å²) in [4.78, 5) is 30.3. The molecule has 4 N–H and O–H groups in total. The van der Waals surface area contributed by atoms with Gasteiger partial charge in [0.2, 0.25) is 5.95 Å². The Morgan fingerprint density at radius 1 is 1.45 bits per heavy atom. The van der Waals surface area contributed by atoms with Gasteiger partial charge >= 0.3 is 7.60 Å². The number of nitrogen functional groups attached to an aromatic ring is 1. The molecule has 108 valence electrons. The van der Waals surface area contributed by atoms with Crippen molar-refractivity contribution in [1.82, 2.24) is 19.5 Å². The molecular weight excluding hydrogens is 285 g/mol. The van der Waals surface area contributed by atoms with Crippen LogP contribution in [0, 0.1) is 0 Å². The topological polar surface area (TPSA) is 136 Å². The predicted molar refractivity (Wildman–Crippen MR) is 69.7 cm³/mol. The van der Waals surface area contributed by atoms with Gasteiger partial charge in [0.05, 0.1) is 25.2 Å². The van der Waals surface area contributed by atoms with Gasteiger partial charge in [0, 0.05) is 0 Å². The molecule has 1 fully saturated rings. The maximum Gasteiger partial charge on any atom is 0.354 e. The summed E-state index contributed by atoms with van der Waals surface area (Å²) in [7, 11) is -4.19. The number of ether oxygens (including phenoxy) is 1. The Bertz CT molecular complexity index is 683. The SMILES string of the molecule is Nc1ncc2ncn(C[C@@H]3CCC(P(=O)(O)O)O3)c2n1. The number of aromatic nitrogens is 4. The minimum atomic E-state index is -4.19. The molecule has 3 rings (SSSR count). The lowest BCUT2D eigenvalue weighted by atomic mass is 10.2. The molecule has 20 heavy (non-hydrogen) atoms. The second-order valence-corrected chi connectivity index (χ2v) is 6.47. The monoisotopic (exact) mass is 299 g/mol. The maximum atomic E-state index is 11.2. The van der Waals surface area contributed by atoms with Crippen LogP contribution in [0.3, 0.4) is 0 Å². The van der Waals surface area contributed by atoms with Gasteiger partial charge in [-0.2, -0.15) is 4.98 Å². The second kappa shape index (κ2) is 4.78. The van der Waals surface area contributed by atoms with E-state index in [9.17, 15) is 4.57 Å². The van der Waals surface area contributed by atoms with Crippen LogP contribution < -0.4 is 5.73 Å². The molecule has 9 nitrogen and oxygen atoms in total. The highest BCUT2D eigenvalue weighted by atomic mass is 31.2. The van der Waals surface area contributed by atoms with Crippen LogP contribution in [0.5, 0.6) is 0 Å². The van der Waals surface area contributed by atoms with Crippen molar-refractivity contribution in [3.05, 3.63) is 12.5 Å². The van der Waals surface area contributed by atoms with Crippen molar-refractivity contribution < 1.29 is 19.1 Å². The van der Waals surface area contributed by atoms with Gasteiger partial charge in [0.1, 0.15) is 5.52 Å². The fraction of sp³-hybridized carbons (Fsp3) is 0.500. The van der Waals surface area contributed by atoms with E-state index in [2.05, 4.69) is 15.0 Å². The van der Waals surface area contributed by atoms with Gasteiger partial charge in [-0.05, 0) is 12.8 Å². The molecule has 2 aromatic rings. The smallest absolute Gasteiger partial charge is 0.354 e. The third-order valence-corrected chi connectivity index (χ3v) is 4.37. The molecule has 0 radical (unpaired) electrons. The highest BCUT2D eigenvalue weighted by molar-refractivity contribution is 7.52. The largest absolute Gasteiger partial charge is 0.368 e. The van der Waals surface area contributed by atoms with Crippen molar-refractivity contribution in [1.29, 1.82) is 0 Å². The molecule has 0 aromatic carbocycles. The minimum Gasteiger partial charge on any atom is -0.368 e. The Hall–Kier alpha value is -1.54. The first-order valence-corrected chi connectivity index (χ1v) is 7.75. The summed E-state index contributed by atoms with van der Waals surface area (Å²) in [6.45, 7) is 0.420. The molecule has 0 spiro atoms. The van der Waals surface area contributed by atoms with E-state index in [1.807, 2.05) is 0 Å². The van der Waals surface area contributed by atoms with Gasteiger partial charge in [0.15, 0.2) is 11.5 Å². The molecule has 2 atom stereocenters. The van der Waals surface area contributed by atoms with E-state index in [0.717, 1.165) is 0 Å². The van der Waals surface area contributed by atoms with Crippen LogP contribution in [0.25, 0.3) is 11.2 Å². The fourth-order valence-electron chi connectivity index (χ4n) is 2.29. The summed E-state index contributed by atoms with van der Waals surface area (Å²) in [5, 5.41) is 0. The Labute approximate surface area is 114 Å². The van der Waals surface area contributed by atoms with Gasteiger partial charge in [-0.3, -0.25) is 4.57 Å². The van der Waals surface area contributed by atoms with E-state index in [1.54, 1.807) is 10.9 Å². The molecule has 1 aliphatic rings. The van der Waals surface area contributed by atoms with E-state index in [-0.39, 0.29) is 12.1 Å². The summed E-state index contributed by atoms with van der Waals surface area (Å²) < 4.78 is 18.3. The molecule has 0 saturated carbocycles. The number of hydrogen-bond donors (Lipinski definition) is 3. The Morgan fingerprint density at radius 3 is 2.95 bits per heavy atom. The number of anilines is 1. The molecule has 10 heteroatoms. The maximum absolute atomic E-state index is 11.2. The molecule has 1 unspecified atom stereocenters. The van der Waals surface area contributed by atoms with Gasteiger partial charge in [-0.1, -0.05) is 0 Å². The van der Waals surface area contributed by atoms with Crippen molar-refractivity contribution in [2.24, 2.45) is 0 Å². The second-order valence-electron chi connectivity index (χ2n) is 4.71. The summed E-state index contributed by atoms with van der Waals surface area (Å²) >= 11 is 0. The Morgan fingerprint density at radius 2 is 2.25 bits per heavy atom. The first-order valence-electron chi connectivity index (χ1n) is 6.07. The lowest BCUT2D eigenvalue weighted by molar-refractivity contribution is 0.0621. The number of nitrogens with two attached hydrogens (primary N) is 1. The quantitative estimate of drug-likeness (QED) is 0.678. The van der Waals surface area contributed by atoms with Crippen LogP contribution in [0.1, 0.15) is 12.8 Å². The molecule has 2 aromatic heterocycles. The molecule has 0 aliphatic carbocycles. The Kier molecular flexibility index (Phi) is 3.21. The van der Waals surface area contributed by atoms with Crippen molar-refractivity contribution >= 4 is 24.7 Å². The third-order valence-electron chi connectivity index (χ3n) is 3.24. The summed E-state index contributed by atoms with van der Waals surface area (Å²) in [5.74, 6) is -0.860. The first kappa shape index (κ1) is 13.4. The van der Waals surface area contributed by atoms with Crippen LogP contribution in [-0.4, -0.2) is 41.3 Å². The minimum absolute atomic E-state index is 0.152. The van der Waals surface area contributed by atoms with Crippen LogP contribution in [0.2, 0.25) is 0 Å². The average molecular weight is 299 g/mol. The van der Waals surface area contributed by atoms with Crippen molar-refractivity contribution in [3.63, 3.8) is 0 Å². The van der Waals surface area contributed by atoms with E-state index in [4.69, 9.17) is 20.3 Å². The molecule has 0 amide bonds. The van der Waals surface area contributed by atoms with Crippen LogP contribution in [0.15, 0.2) is 12.5 Å². The van der Waals surface area contributed by atoms with E-state index < -0.39 is 13.4 Å². The summed E-state index contributed by atoms with van der Waals surface area (Å²) in [6, 6.07) is 0. The molecule has 0 bridgehead atoms. The van der Waals surface area contributed by atoms with Crippen LogP contribution >= 0.6 is 7.60 Å². The number of hydrogen-bond acceptors (Lipinski definition) is 6. The third kappa shape index (κ3) is 2.53. The molecule has 3 heterocycles. The zero-order valence-corrected chi connectivity index (χ0v) is 11.3.